The Labute approximate surface area is 126 Å². The molecule has 22 heavy (non-hydrogen) atoms. The van der Waals surface area contributed by atoms with Gasteiger partial charge in [0.2, 0.25) is 0 Å². The van der Waals surface area contributed by atoms with E-state index in [0.717, 1.165) is 11.8 Å². The SMILES string of the molecule is Fc1ccc(COc2ncc(F)c(N3CCOCC3)n2)cc1. The highest BCUT2D eigenvalue weighted by molar-refractivity contribution is 5.40. The topological polar surface area (TPSA) is 47.5 Å². The van der Waals surface area contributed by atoms with Crippen LogP contribution in [0.4, 0.5) is 14.6 Å². The van der Waals surface area contributed by atoms with E-state index in [9.17, 15) is 8.78 Å². The van der Waals surface area contributed by atoms with Gasteiger partial charge in [0.15, 0.2) is 11.6 Å². The van der Waals surface area contributed by atoms with Crippen molar-refractivity contribution in [3.63, 3.8) is 0 Å². The maximum Gasteiger partial charge on any atom is 0.318 e. The monoisotopic (exact) mass is 307 g/mol. The molecule has 0 N–H and O–H groups in total. The molecule has 1 aromatic heterocycles. The molecule has 1 aliphatic heterocycles. The average Bonchev–Trinajstić information content (AvgIpc) is 2.56. The lowest BCUT2D eigenvalue weighted by atomic mass is 10.2. The van der Waals surface area contributed by atoms with Crippen molar-refractivity contribution in [1.82, 2.24) is 9.97 Å². The molecule has 0 radical (unpaired) electrons. The summed E-state index contributed by atoms with van der Waals surface area (Å²) in [5.41, 5.74) is 0.780. The molecule has 0 unspecified atom stereocenters. The van der Waals surface area contributed by atoms with E-state index in [1.165, 1.54) is 12.1 Å². The van der Waals surface area contributed by atoms with Gasteiger partial charge in [0.25, 0.3) is 0 Å². The van der Waals surface area contributed by atoms with E-state index >= 15 is 0 Å². The van der Waals surface area contributed by atoms with Gasteiger partial charge in [-0.3, -0.25) is 0 Å². The Hall–Kier alpha value is -2.28. The quantitative estimate of drug-likeness (QED) is 0.866. The van der Waals surface area contributed by atoms with E-state index in [2.05, 4.69) is 9.97 Å². The number of benzene rings is 1. The maximum atomic E-state index is 13.9. The zero-order chi connectivity index (χ0) is 15.4. The normalized spacial score (nSPS) is 14.9. The summed E-state index contributed by atoms with van der Waals surface area (Å²) in [6.45, 7) is 2.41. The van der Waals surface area contributed by atoms with Crippen molar-refractivity contribution in [3.05, 3.63) is 47.7 Å². The summed E-state index contributed by atoms with van der Waals surface area (Å²) in [7, 11) is 0. The highest BCUT2D eigenvalue weighted by Crippen LogP contribution is 2.19. The van der Waals surface area contributed by atoms with E-state index in [1.807, 2.05) is 0 Å². The third-order valence-corrected chi connectivity index (χ3v) is 3.30. The van der Waals surface area contributed by atoms with E-state index in [1.54, 1.807) is 17.0 Å². The first-order chi connectivity index (χ1) is 10.7. The number of aromatic nitrogens is 2. The summed E-state index contributed by atoms with van der Waals surface area (Å²) >= 11 is 0. The Morgan fingerprint density at radius 3 is 2.59 bits per heavy atom. The zero-order valence-electron chi connectivity index (χ0n) is 11.8. The minimum atomic E-state index is -0.490. The predicted octanol–water partition coefficient (Wildman–Crippen LogP) is 2.17. The van der Waals surface area contributed by atoms with Gasteiger partial charge in [0, 0.05) is 13.1 Å². The first-order valence-electron chi connectivity index (χ1n) is 6.95. The summed E-state index contributed by atoms with van der Waals surface area (Å²) in [6, 6.07) is 6.02. The molecule has 2 heterocycles. The van der Waals surface area contributed by atoms with Gasteiger partial charge in [-0.1, -0.05) is 12.1 Å². The standard InChI is InChI=1S/C15H15F2N3O2/c16-12-3-1-11(2-4-12)10-22-15-18-9-13(17)14(19-15)20-5-7-21-8-6-20/h1-4,9H,5-8,10H2. The second-order valence-corrected chi connectivity index (χ2v) is 4.84. The largest absolute Gasteiger partial charge is 0.459 e. The zero-order valence-corrected chi connectivity index (χ0v) is 11.8. The second-order valence-electron chi connectivity index (χ2n) is 4.84. The van der Waals surface area contributed by atoms with Crippen LogP contribution >= 0.6 is 0 Å². The molecule has 1 saturated heterocycles. The Balaban J connectivity index is 1.70. The third-order valence-electron chi connectivity index (χ3n) is 3.30. The Bertz CT molecular complexity index is 631. The average molecular weight is 307 g/mol. The van der Waals surface area contributed by atoms with Crippen LogP contribution in [0.15, 0.2) is 30.5 Å². The Morgan fingerprint density at radius 2 is 1.86 bits per heavy atom. The number of anilines is 1. The summed E-state index contributed by atoms with van der Waals surface area (Å²) < 4.78 is 37.4. The van der Waals surface area contributed by atoms with Gasteiger partial charge in [0.05, 0.1) is 19.4 Å². The molecule has 1 fully saturated rings. The molecule has 0 atom stereocenters. The first kappa shape index (κ1) is 14.6. The van der Waals surface area contributed by atoms with Crippen LogP contribution in [0.2, 0.25) is 0 Å². The van der Waals surface area contributed by atoms with Crippen molar-refractivity contribution in [1.29, 1.82) is 0 Å². The van der Waals surface area contributed by atoms with Gasteiger partial charge in [-0.15, -0.1) is 0 Å². The van der Waals surface area contributed by atoms with Crippen molar-refractivity contribution in [2.24, 2.45) is 0 Å². The van der Waals surface area contributed by atoms with Crippen LogP contribution in [0.3, 0.4) is 0 Å². The van der Waals surface area contributed by atoms with Crippen molar-refractivity contribution < 1.29 is 18.3 Å². The minimum absolute atomic E-state index is 0.0900. The summed E-state index contributed by atoms with van der Waals surface area (Å²) in [5, 5.41) is 0. The van der Waals surface area contributed by atoms with Crippen LogP contribution in [0, 0.1) is 11.6 Å². The smallest absolute Gasteiger partial charge is 0.318 e. The van der Waals surface area contributed by atoms with Gasteiger partial charge in [-0.2, -0.15) is 4.98 Å². The van der Waals surface area contributed by atoms with Crippen LogP contribution < -0.4 is 9.64 Å². The lowest BCUT2D eigenvalue weighted by Crippen LogP contribution is -2.37. The van der Waals surface area contributed by atoms with E-state index in [0.29, 0.717) is 26.3 Å². The molecular formula is C15H15F2N3O2. The molecule has 3 rings (SSSR count). The Kier molecular flexibility index (Phi) is 4.43. The molecule has 1 aliphatic rings. The van der Waals surface area contributed by atoms with Gasteiger partial charge in [0.1, 0.15) is 12.4 Å². The lowest BCUT2D eigenvalue weighted by Gasteiger charge is -2.27. The van der Waals surface area contributed by atoms with Gasteiger partial charge < -0.3 is 14.4 Å². The molecule has 0 spiro atoms. The number of morpholine rings is 1. The molecule has 5 nitrogen and oxygen atoms in total. The molecule has 0 amide bonds. The molecule has 0 bridgehead atoms. The number of halogens is 2. The molecule has 1 aromatic carbocycles. The van der Waals surface area contributed by atoms with Crippen LogP contribution in [0.5, 0.6) is 6.01 Å². The second kappa shape index (κ2) is 6.65. The number of hydrogen-bond donors (Lipinski definition) is 0. The van der Waals surface area contributed by atoms with E-state index in [4.69, 9.17) is 9.47 Å². The van der Waals surface area contributed by atoms with Crippen molar-refractivity contribution >= 4 is 5.82 Å². The van der Waals surface area contributed by atoms with Crippen molar-refractivity contribution in [2.75, 3.05) is 31.2 Å². The fraction of sp³-hybridized carbons (Fsp3) is 0.333. The number of rotatable bonds is 4. The molecule has 2 aromatic rings. The van der Waals surface area contributed by atoms with Crippen LogP contribution in [-0.4, -0.2) is 36.3 Å². The number of hydrogen-bond acceptors (Lipinski definition) is 5. The minimum Gasteiger partial charge on any atom is -0.459 e. The summed E-state index contributed by atoms with van der Waals surface area (Å²) in [5.74, 6) is -0.583. The molecular weight excluding hydrogens is 292 g/mol. The fourth-order valence-electron chi connectivity index (χ4n) is 2.14. The van der Waals surface area contributed by atoms with E-state index < -0.39 is 5.82 Å². The summed E-state index contributed by atoms with van der Waals surface area (Å²) in [4.78, 5) is 9.74. The van der Waals surface area contributed by atoms with Crippen molar-refractivity contribution in [2.45, 2.75) is 6.61 Å². The molecule has 7 heteroatoms. The van der Waals surface area contributed by atoms with Crippen LogP contribution in [0.25, 0.3) is 0 Å². The van der Waals surface area contributed by atoms with Gasteiger partial charge >= 0.3 is 6.01 Å². The van der Waals surface area contributed by atoms with Gasteiger partial charge in [-0.05, 0) is 17.7 Å². The van der Waals surface area contributed by atoms with Crippen LogP contribution in [0.1, 0.15) is 5.56 Å². The Morgan fingerprint density at radius 1 is 1.14 bits per heavy atom. The maximum absolute atomic E-state index is 13.9. The highest BCUT2D eigenvalue weighted by Gasteiger charge is 2.18. The van der Waals surface area contributed by atoms with Crippen molar-refractivity contribution in [3.8, 4) is 6.01 Å². The summed E-state index contributed by atoms with van der Waals surface area (Å²) in [6.07, 6.45) is 1.10. The van der Waals surface area contributed by atoms with Crippen LogP contribution in [-0.2, 0) is 11.3 Å². The lowest BCUT2D eigenvalue weighted by molar-refractivity contribution is 0.122. The third kappa shape index (κ3) is 3.48. The van der Waals surface area contributed by atoms with Gasteiger partial charge in [-0.25, -0.2) is 13.8 Å². The number of nitrogens with zero attached hydrogens (tertiary/aromatic N) is 3. The number of ether oxygens (including phenoxy) is 2. The molecule has 0 saturated carbocycles. The molecule has 0 aliphatic carbocycles. The first-order valence-corrected chi connectivity index (χ1v) is 6.95. The predicted molar refractivity (Wildman–Crippen MR) is 75.8 cm³/mol. The van der Waals surface area contributed by atoms with E-state index in [-0.39, 0.29) is 24.3 Å². The fourth-order valence-corrected chi connectivity index (χ4v) is 2.14. The highest BCUT2D eigenvalue weighted by atomic mass is 19.1. The molecule has 116 valence electrons.